The molecular formula is C22H26N4O. The van der Waals surface area contributed by atoms with E-state index >= 15 is 0 Å². The highest BCUT2D eigenvalue weighted by atomic mass is 16.5. The summed E-state index contributed by atoms with van der Waals surface area (Å²) in [4.78, 5) is 7.31. The normalized spacial score (nSPS) is 17.9. The number of hydrogen-bond acceptors (Lipinski definition) is 4. The van der Waals surface area contributed by atoms with Gasteiger partial charge in [0.05, 0.1) is 18.5 Å². The van der Waals surface area contributed by atoms with Gasteiger partial charge in [-0.25, -0.2) is 0 Å². The van der Waals surface area contributed by atoms with Crippen LogP contribution in [0.1, 0.15) is 35.5 Å². The Morgan fingerprint density at radius 1 is 1.07 bits per heavy atom. The van der Waals surface area contributed by atoms with Gasteiger partial charge in [0.1, 0.15) is 6.10 Å². The molecule has 5 heteroatoms. The summed E-state index contributed by atoms with van der Waals surface area (Å²) in [6.45, 7) is 6.46. The molecule has 1 aromatic carbocycles. The Morgan fingerprint density at radius 2 is 1.96 bits per heavy atom. The van der Waals surface area contributed by atoms with Gasteiger partial charge in [0.2, 0.25) is 0 Å². The van der Waals surface area contributed by atoms with Crippen LogP contribution in [0, 0.1) is 0 Å². The first-order valence-electron chi connectivity index (χ1n) is 9.65. The maximum absolute atomic E-state index is 6.04. The Labute approximate surface area is 160 Å². The van der Waals surface area contributed by atoms with Gasteiger partial charge >= 0.3 is 0 Å². The van der Waals surface area contributed by atoms with Gasteiger partial charge in [-0.15, -0.1) is 0 Å². The van der Waals surface area contributed by atoms with Crippen molar-refractivity contribution in [3.8, 4) is 0 Å². The summed E-state index contributed by atoms with van der Waals surface area (Å²) in [5.74, 6) is 0. The Hall–Kier alpha value is -2.50. The van der Waals surface area contributed by atoms with Crippen LogP contribution < -0.4 is 0 Å². The van der Waals surface area contributed by atoms with E-state index in [4.69, 9.17) is 9.72 Å². The maximum Gasteiger partial charge on any atom is 0.112 e. The first-order valence-corrected chi connectivity index (χ1v) is 9.65. The molecule has 0 bridgehead atoms. The SMILES string of the molecule is CCn1cc(CN2CCOC(c3cccc(Cc4ccccc4)n3)C2)cn1. The van der Waals surface area contributed by atoms with Gasteiger partial charge in [0, 0.05) is 50.1 Å². The molecule has 0 amide bonds. The second-order valence-corrected chi connectivity index (χ2v) is 7.01. The summed E-state index contributed by atoms with van der Waals surface area (Å²) < 4.78 is 8.01. The second-order valence-electron chi connectivity index (χ2n) is 7.01. The molecular weight excluding hydrogens is 336 g/mol. The van der Waals surface area contributed by atoms with Gasteiger partial charge < -0.3 is 4.74 Å². The number of rotatable bonds is 6. The van der Waals surface area contributed by atoms with Crippen LogP contribution in [0.25, 0.3) is 0 Å². The molecule has 0 radical (unpaired) electrons. The van der Waals surface area contributed by atoms with E-state index in [1.807, 2.05) is 16.9 Å². The van der Waals surface area contributed by atoms with Gasteiger partial charge in [-0.1, -0.05) is 36.4 Å². The average Bonchev–Trinajstić information content (AvgIpc) is 3.17. The molecule has 1 saturated heterocycles. The molecule has 1 aliphatic rings. The number of morpholine rings is 1. The van der Waals surface area contributed by atoms with Gasteiger partial charge in [-0.05, 0) is 24.6 Å². The van der Waals surface area contributed by atoms with Crippen molar-refractivity contribution in [2.45, 2.75) is 32.5 Å². The highest BCUT2D eigenvalue weighted by molar-refractivity contribution is 5.23. The van der Waals surface area contributed by atoms with Crippen LogP contribution in [-0.4, -0.2) is 39.4 Å². The second kappa shape index (κ2) is 8.46. The van der Waals surface area contributed by atoms with E-state index in [0.29, 0.717) is 0 Å². The fourth-order valence-corrected chi connectivity index (χ4v) is 3.53. The van der Waals surface area contributed by atoms with E-state index in [9.17, 15) is 0 Å². The van der Waals surface area contributed by atoms with E-state index in [-0.39, 0.29) is 6.10 Å². The third-order valence-corrected chi connectivity index (χ3v) is 4.95. The molecule has 3 heterocycles. The van der Waals surface area contributed by atoms with E-state index in [1.54, 1.807) is 0 Å². The fourth-order valence-electron chi connectivity index (χ4n) is 3.53. The van der Waals surface area contributed by atoms with Crippen molar-refractivity contribution < 1.29 is 4.74 Å². The van der Waals surface area contributed by atoms with Crippen molar-refractivity contribution in [2.75, 3.05) is 19.7 Å². The molecule has 0 aliphatic carbocycles. The zero-order valence-electron chi connectivity index (χ0n) is 15.8. The number of nitrogens with zero attached hydrogens (tertiary/aromatic N) is 4. The number of benzene rings is 1. The average molecular weight is 362 g/mol. The van der Waals surface area contributed by atoms with Crippen LogP contribution in [-0.2, 0) is 24.2 Å². The molecule has 0 spiro atoms. The van der Waals surface area contributed by atoms with Crippen molar-refractivity contribution in [3.05, 3.63) is 83.4 Å². The van der Waals surface area contributed by atoms with Crippen LogP contribution in [0.5, 0.6) is 0 Å². The Kier molecular flexibility index (Phi) is 5.61. The largest absolute Gasteiger partial charge is 0.369 e. The number of hydrogen-bond donors (Lipinski definition) is 0. The molecule has 1 atom stereocenters. The van der Waals surface area contributed by atoms with Crippen molar-refractivity contribution in [1.82, 2.24) is 19.7 Å². The Morgan fingerprint density at radius 3 is 2.78 bits per heavy atom. The number of aromatic nitrogens is 3. The van der Waals surface area contributed by atoms with E-state index in [2.05, 4.69) is 65.6 Å². The minimum Gasteiger partial charge on any atom is -0.369 e. The summed E-state index contributed by atoms with van der Waals surface area (Å²) in [6.07, 6.45) is 4.97. The van der Waals surface area contributed by atoms with Crippen LogP contribution in [0.4, 0.5) is 0 Å². The molecule has 0 saturated carbocycles. The lowest BCUT2D eigenvalue weighted by Gasteiger charge is -2.32. The molecule has 0 N–H and O–H groups in total. The van der Waals surface area contributed by atoms with Crippen molar-refractivity contribution in [1.29, 1.82) is 0 Å². The lowest BCUT2D eigenvalue weighted by Crippen LogP contribution is -2.38. The molecule has 4 rings (SSSR count). The topological polar surface area (TPSA) is 43.2 Å². The molecule has 3 aromatic rings. The molecule has 2 aromatic heterocycles. The van der Waals surface area contributed by atoms with Crippen LogP contribution in [0.3, 0.4) is 0 Å². The number of ether oxygens (including phenoxy) is 1. The van der Waals surface area contributed by atoms with E-state index in [0.717, 1.165) is 50.6 Å². The lowest BCUT2D eigenvalue weighted by molar-refractivity contribution is -0.0350. The van der Waals surface area contributed by atoms with E-state index < -0.39 is 0 Å². The minimum atomic E-state index is 0.0238. The van der Waals surface area contributed by atoms with Crippen LogP contribution in [0.2, 0.25) is 0 Å². The summed E-state index contributed by atoms with van der Waals surface area (Å²) >= 11 is 0. The van der Waals surface area contributed by atoms with Crippen molar-refractivity contribution in [2.24, 2.45) is 0 Å². The van der Waals surface area contributed by atoms with Gasteiger partial charge in [0.15, 0.2) is 0 Å². The zero-order chi connectivity index (χ0) is 18.5. The standard InChI is InChI=1S/C22H26N4O/c1-2-26-16-19(14-23-26)15-25-11-12-27-22(17-25)21-10-6-9-20(24-21)13-18-7-4-3-5-8-18/h3-10,14,16,22H,2,11-13,15,17H2,1H3. The van der Waals surface area contributed by atoms with Gasteiger partial charge in [-0.2, -0.15) is 5.10 Å². The molecule has 27 heavy (non-hydrogen) atoms. The van der Waals surface area contributed by atoms with Crippen molar-refractivity contribution in [3.63, 3.8) is 0 Å². The number of pyridine rings is 1. The monoisotopic (exact) mass is 362 g/mol. The lowest BCUT2D eigenvalue weighted by atomic mass is 10.1. The molecule has 1 aliphatic heterocycles. The molecule has 5 nitrogen and oxygen atoms in total. The summed E-state index contributed by atoms with van der Waals surface area (Å²) in [5, 5.41) is 4.38. The summed E-state index contributed by atoms with van der Waals surface area (Å²) in [7, 11) is 0. The molecule has 1 unspecified atom stereocenters. The zero-order valence-corrected chi connectivity index (χ0v) is 15.8. The Balaban J connectivity index is 1.42. The first kappa shape index (κ1) is 17.9. The highest BCUT2D eigenvalue weighted by Crippen LogP contribution is 2.22. The Bertz CT molecular complexity index is 862. The van der Waals surface area contributed by atoms with E-state index in [1.165, 1.54) is 11.1 Å². The van der Waals surface area contributed by atoms with Gasteiger partial charge in [-0.3, -0.25) is 14.6 Å². The predicted octanol–water partition coefficient (Wildman–Crippen LogP) is 3.46. The number of aryl methyl sites for hydroxylation is 1. The maximum atomic E-state index is 6.04. The van der Waals surface area contributed by atoms with Crippen LogP contribution >= 0.6 is 0 Å². The fraction of sp³-hybridized carbons (Fsp3) is 0.364. The predicted molar refractivity (Wildman–Crippen MR) is 105 cm³/mol. The minimum absolute atomic E-state index is 0.0238. The third kappa shape index (κ3) is 4.62. The molecule has 1 fully saturated rings. The van der Waals surface area contributed by atoms with Gasteiger partial charge in [0.25, 0.3) is 0 Å². The summed E-state index contributed by atoms with van der Waals surface area (Å²) in [5.41, 5.74) is 4.64. The first-order chi connectivity index (χ1) is 13.3. The smallest absolute Gasteiger partial charge is 0.112 e. The molecule has 140 valence electrons. The summed E-state index contributed by atoms with van der Waals surface area (Å²) in [6, 6.07) is 16.7. The third-order valence-electron chi connectivity index (χ3n) is 4.95. The van der Waals surface area contributed by atoms with Crippen LogP contribution in [0.15, 0.2) is 60.9 Å². The van der Waals surface area contributed by atoms with Crippen molar-refractivity contribution >= 4 is 0 Å². The highest BCUT2D eigenvalue weighted by Gasteiger charge is 2.23. The quantitative estimate of drug-likeness (QED) is 0.673.